The minimum atomic E-state index is -0.287. The lowest BCUT2D eigenvalue weighted by atomic mass is 10.1. The Morgan fingerprint density at radius 2 is 1.81 bits per heavy atom. The molecule has 0 saturated heterocycles. The predicted octanol–water partition coefficient (Wildman–Crippen LogP) is 4.21. The summed E-state index contributed by atoms with van der Waals surface area (Å²) in [6.45, 7) is 4.11. The second-order valence-corrected chi connectivity index (χ2v) is 6.50. The van der Waals surface area contributed by atoms with Gasteiger partial charge in [0.1, 0.15) is 5.82 Å². The number of halogens is 2. The van der Waals surface area contributed by atoms with Crippen molar-refractivity contribution < 1.29 is 14.0 Å². The summed E-state index contributed by atoms with van der Waals surface area (Å²) < 4.78 is 12.9. The van der Waals surface area contributed by atoms with E-state index in [1.54, 1.807) is 35.2 Å². The smallest absolute Gasteiger partial charge is 0.226 e. The zero-order valence-corrected chi connectivity index (χ0v) is 15.6. The van der Waals surface area contributed by atoms with Crippen LogP contribution in [0.4, 0.5) is 10.1 Å². The Kier molecular flexibility index (Phi) is 7.16. The normalized spacial score (nSPS) is 10.5. The van der Waals surface area contributed by atoms with Gasteiger partial charge in [-0.25, -0.2) is 4.39 Å². The van der Waals surface area contributed by atoms with Crippen LogP contribution in [0.5, 0.6) is 0 Å². The van der Waals surface area contributed by atoms with E-state index in [0.717, 1.165) is 11.1 Å². The summed E-state index contributed by atoms with van der Waals surface area (Å²) in [6.07, 6.45) is 0.795. The molecule has 0 bridgehead atoms. The van der Waals surface area contributed by atoms with Gasteiger partial charge in [0, 0.05) is 37.1 Å². The fourth-order valence-corrected chi connectivity index (χ4v) is 2.71. The fraction of sp³-hybridized carbons (Fsp3) is 0.300. The van der Waals surface area contributed by atoms with Gasteiger partial charge in [-0.1, -0.05) is 29.8 Å². The van der Waals surface area contributed by atoms with Crippen LogP contribution in [0.15, 0.2) is 42.5 Å². The highest BCUT2D eigenvalue weighted by atomic mass is 35.5. The number of amides is 2. The van der Waals surface area contributed by atoms with E-state index in [9.17, 15) is 14.0 Å². The number of carbonyl (C=O) groups excluding carboxylic acids is 2. The Morgan fingerprint density at radius 1 is 1.12 bits per heavy atom. The molecule has 0 aromatic heterocycles. The molecule has 26 heavy (non-hydrogen) atoms. The highest BCUT2D eigenvalue weighted by molar-refractivity contribution is 6.31. The fourth-order valence-electron chi connectivity index (χ4n) is 2.53. The standard InChI is InChI=1S/C20H22ClFN2O2/c1-14-18(21)4-3-5-19(14)23-20(26)11-13-24(15(2)25)12-10-16-6-8-17(22)9-7-16/h3-9H,10-13H2,1-2H3,(H,23,26). The van der Waals surface area contributed by atoms with Gasteiger partial charge >= 0.3 is 0 Å². The zero-order valence-electron chi connectivity index (χ0n) is 14.9. The Labute approximate surface area is 158 Å². The third-order valence-electron chi connectivity index (χ3n) is 4.18. The summed E-state index contributed by atoms with van der Waals surface area (Å²) in [6, 6.07) is 11.5. The maximum atomic E-state index is 12.9. The zero-order chi connectivity index (χ0) is 19.1. The van der Waals surface area contributed by atoms with E-state index in [-0.39, 0.29) is 24.1 Å². The number of benzene rings is 2. The van der Waals surface area contributed by atoms with E-state index in [1.807, 2.05) is 6.92 Å². The highest BCUT2D eigenvalue weighted by Crippen LogP contribution is 2.23. The van der Waals surface area contributed by atoms with Crippen molar-refractivity contribution in [1.82, 2.24) is 4.90 Å². The number of hydrogen-bond donors (Lipinski definition) is 1. The molecular weight excluding hydrogens is 355 g/mol. The van der Waals surface area contributed by atoms with E-state index in [4.69, 9.17) is 11.6 Å². The van der Waals surface area contributed by atoms with Gasteiger partial charge in [-0.05, 0) is 48.7 Å². The molecule has 2 rings (SSSR count). The maximum Gasteiger partial charge on any atom is 0.226 e. The van der Waals surface area contributed by atoms with Crippen molar-refractivity contribution in [2.45, 2.75) is 26.7 Å². The van der Waals surface area contributed by atoms with Crippen LogP contribution in [0.3, 0.4) is 0 Å². The molecule has 0 saturated carbocycles. The van der Waals surface area contributed by atoms with Gasteiger partial charge in [-0.15, -0.1) is 0 Å². The number of anilines is 1. The predicted molar refractivity (Wildman–Crippen MR) is 102 cm³/mol. The topological polar surface area (TPSA) is 49.4 Å². The third-order valence-corrected chi connectivity index (χ3v) is 4.59. The highest BCUT2D eigenvalue weighted by Gasteiger charge is 2.12. The largest absolute Gasteiger partial charge is 0.342 e. The van der Waals surface area contributed by atoms with Crippen LogP contribution in [0.2, 0.25) is 5.02 Å². The van der Waals surface area contributed by atoms with Gasteiger partial charge in [0.05, 0.1) is 0 Å². The number of hydrogen-bond acceptors (Lipinski definition) is 2. The van der Waals surface area contributed by atoms with E-state index in [2.05, 4.69) is 5.32 Å². The molecule has 0 unspecified atom stereocenters. The first kappa shape index (κ1) is 19.9. The molecule has 0 spiro atoms. The van der Waals surface area contributed by atoms with Crippen LogP contribution in [0.25, 0.3) is 0 Å². The number of carbonyl (C=O) groups is 2. The van der Waals surface area contributed by atoms with Crippen molar-refractivity contribution in [2.24, 2.45) is 0 Å². The minimum absolute atomic E-state index is 0.0983. The average molecular weight is 377 g/mol. The molecule has 2 amide bonds. The van der Waals surface area contributed by atoms with Gasteiger partial charge in [0.25, 0.3) is 0 Å². The maximum absolute atomic E-state index is 12.9. The first-order chi connectivity index (χ1) is 12.4. The molecule has 0 radical (unpaired) electrons. The first-order valence-corrected chi connectivity index (χ1v) is 8.79. The number of nitrogens with one attached hydrogen (secondary N) is 1. The lowest BCUT2D eigenvalue weighted by Crippen LogP contribution is -2.33. The minimum Gasteiger partial charge on any atom is -0.342 e. The Balaban J connectivity index is 1.87. The summed E-state index contributed by atoms with van der Waals surface area (Å²) in [5.74, 6) is -0.563. The summed E-state index contributed by atoms with van der Waals surface area (Å²) in [5, 5.41) is 3.41. The molecule has 0 fully saturated rings. The second-order valence-electron chi connectivity index (χ2n) is 6.09. The summed E-state index contributed by atoms with van der Waals surface area (Å²) in [7, 11) is 0. The molecule has 2 aromatic rings. The molecule has 0 aliphatic carbocycles. The van der Waals surface area contributed by atoms with E-state index in [0.29, 0.717) is 30.2 Å². The molecule has 1 N–H and O–H groups in total. The average Bonchev–Trinajstić information content (AvgIpc) is 2.60. The van der Waals surface area contributed by atoms with E-state index in [1.165, 1.54) is 19.1 Å². The molecule has 0 aliphatic heterocycles. The molecule has 2 aromatic carbocycles. The van der Waals surface area contributed by atoms with Gasteiger partial charge in [0.2, 0.25) is 11.8 Å². The number of nitrogens with zero attached hydrogens (tertiary/aromatic N) is 1. The first-order valence-electron chi connectivity index (χ1n) is 8.41. The van der Waals surface area contributed by atoms with Gasteiger partial charge < -0.3 is 10.2 Å². The van der Waals surface area contributed by atoms with Crippen LogP contribution in [0, 0.1) is 12.7 Å². The summed E-state index contributed by atoms with van der Waals surface area (Å²) >= 11 is 6.05. The van der Waals surface area contributed by atoms with Gasteiger partial charge in [-0.2, -0.15) is 0 Å². The van der Waals surface area contributed by atoms with Crippen molar-refractivity contribution in [3.05, 3.63) is 64.4 Å². The molecule has 0 aliphatic rings. The van der Waals surface area contributed by atoms with Crippen LogP contribution in [-0.4, -0.2) is 29.8 Å². The number of rotatable bonds is 7. The Hall–Kier alpha value is -2.40. The molecule has 138 valence electrons. The Morgan fingerprint density at radius 3 is 2.46 bits per heavy atom. The molecular formula is C20H22ClFN2O2. The summed E-state index contributed by atoms with van der Waals surface area (Å²) in [5.41, 5.74) is 2.42. The second kappa shape index (κ2) is 9.34. The molecule has 0 atom stereocenters. The van der Waals surface area contributed by atoms with Crippen molar-refractivity contribution in [2.75, 3.05) is 18.4 Å². The summed E-state index contributed by atoms with van der Waals surface area (Å²) in [4.78, 5) is 25.6. The van der Waals surface area contributed by atoms with E-state index >= 15 is 0 Å². The molecule has 6 heteroatoms. The Bertz CT molecular complexity index is 778. The third kappa shape index (κ3) is 5.85. The van der Waals surface area contributed by atoms with Crippen molar-refractivity contribution >= 4 is 29.1 Å². The van der Waals surface area contributed by atoms with E-state index < -0.39 is 0 Å². The van der Waals surface area contributed by atoms with Crippen LogP contribution < -0.4 is 5.32 Å². The van der Waals surface area contributed by atoms with Gasteiger partial charge in [-0.3, -0.25) is 9.59 Å². The van der Waals surface area contributed by atoms with Crippen molar-refractivity contribution in [3.8, 4) is 0 Å². The lowest BCUT2D eigenvalue weighted by Gasteiger charge is -2.21. The van der Waals surface area contributed by atoms with Crippen LogP contribution in [-0.2, 0) is 16.0 Å². The molecule has 4 nitrogen and oxygen atoms in total. The quantitative estimate of drug-likeness (QED) is 0.787. The van der Waals surface area contributed by atoms with Gasteiger partial charge in [0.15, 0.2) is 0 Å². The van der Waals surface area contributed by atoms with Crippen LogP contribution >= 0.6 is 11.6 Å². The van der Waals surface area contributed by atoms with Crippen LogP contribution in [0.1, 0.15) is 24.5 Å². The molecule has 0 heterocycles. The monoisotopic (exact) mass is 376 g/mol. The lowest BCUT2D eigenvalue weighted by molar-refractivity contribution is -0.129. The van der Waals surface area contributed by atoms with Crippen molar-refractivity contribution in [3.63, 3.8) is 0 Å². The SMILES string of the molecule is CC(=O)N(CCC(=O)Nc1cccc(Cl)c1C)CCc1ccc(F)cc1. The van der Waals surface area contributed by atoms with Crippen molar-refractivity contribution in [1.29, 1.82) is 0 Å².